The molecule has 2 aromatic rings. The van der Waals surface area contributed by atoms with Crippen molar-refractivity contribution in [3.8, 4) is 0 Å². The summed E-state index contributed by atoms with van der Waals surface area (Å²) >= 11 is 1.19. The molecular formula is C18H16F4N2O2S. The number of alkyl halides is 3. The smallest absolute Gasteiger partial charge is 0.326 e. The molecule has 2 amide bonds. The highest BCUT2D eigenvalue weighted by Crippen LogP contribution is 2.36. The number of hydrogen-bond acceptors (Lipinski definition) is 3. The Kier molecular flexibility index (Phi) is 6.84. The van der Waals surface area contributed by atoms with Crippen molar-refractivity contribution in [1.29, 1.82) is 0 Å². The van der Waals surface area contributed by atoms with Crippen molar-refractivity contribution in [2.45, 2.75) is 18.9 Å². The Bertz CT molecular complexity index is 823. The molecule has 0 saturated heterocycles. The predicted molar refractivity (Wildman–Crippen MR) is 96.9 cm³/mol. The summed E-state index contributed by atoms with van der Waals surface area (Å²) in [5.41, 5.74) is -0.655. The minimum absolute atomic E-state index is 0.0153. The van der Waals surface area contributed by atoms with Crippen LogP contribution in [0.5, 0.6) is 0 Å². The van der Waals surface area contributed by atoms with Crippen LogP contribution in [0, 0.1) is 5.82 Å². The van der Waals surface area contributed by atoms with Gasteiger partial charge < -0.3 is 10.6 Å². The third kappa shape index (κ3) is 6.59. The van der Waals surface area contributed by atoms with Crippen molar-refractivity contribution in [2.75, 3.05) is 16.4 Å². The van der Waals surface area contributed by atoms with Crippen molar-refractivity contribution in [2.24, 2.45) is 0 Å². The van der Waals surface area contributed by atoms with Crippen molar-refractivity contribution in [1.82, 2.24) is 0 Å². The van der Waals surface area contributed by atoms with E-state index in [1.165, 1.54) is 36.9 Å². The molecule has 0 atom stereocenters. The zero-order chi connectivity index (χ0) is 20.0. The Morgan fingerprint density at radius 3 is 2.30 bits per heavy atom. The molecular weight excluding hydrogens is 384 g/mol. The Morgan fingerprint density at radius 1 is 1.04 bits per heavy atom. The fraction of sp³-hybridized carbons (Fsp3) is 0.222. The van der Waals surface area contributed by atoms with Gasteiger partial charge in [0.15, 0.2) is 0 Å². The van der Waals surface area contributed by atoms with Gasteiger partial charge in [-0.25, -0.2) is 4.39 Å². The second kappa shape index (κ2) is 8.90. The van der Waals surface area contributed by atoms with Crippen LogP contribution in [0.25, 0.3) is 0 Å². The number of halogens is 4. The second-order valence-corrected chi connectivity index (χ2v) is 6.59. The fourth-order valence-electron chi connectivity index (χ4n) is 2.20. The molecule has 27 heavy (non-hydrogen) atoms. The topological polar surface area (TPSA) is 58.2 Å². The first-order valence-corrected chi connectivity index (χ1v) is 8.91. The van der Waals surface area contributed by atoms with Crippen LogP contribution in [0.2, 0.25) is 0 Å². The van der Waals surface area contributed by atoms with E-state index < -0.39 is 23.6 Å². The van der Waals surface area contributed by atoms with Gasteiger partial charge in [0.05, 0.1) is 17.0 Å². The first-order chi connectivity index (χ1) is 12.6. The highest BCUT2D eigenvalue weighted by molar-refractivity contribution is 7.99. The number of nitrogens with one attached hydrogen (secondary N) is 2. The number of amides is 2. The molecule has 0 aliphatic carbocycles. The average Bonchev–Trinajstić information content (AvgIpc) is 2.56. The molecule has 144 valence electrons. The molecule has 4 nitrogen and oxygen atoms in total. The summed E-state index contributed by atoms with van der Waals surface area (Å²) in [6, 6.07) is 8.87. The highest BCUT2D eigenvalue weighted by Gasteiger charge is 2.34. The van der Waals surface area contributed by atoms with Crippen molar-refractivity contribution >= 4 is 35.0 Å². The lowest BCUT2D eigenvalue weighted by Crippen LogP contribution is -2.19. The van der Waals surface area contributed by atoms with Gasteiger partial charge in [0.1, 0.15) is 5.82 Å². The van der Waals surface area contributed by atoms with Crippen molar-refractivity contribution in [3.63, 3.8) is 0 Å². The van der Waals surface area contributed by atoms with Gasteiger partial charge in [-0.15, -0.1) is 11.8 Å². The quantitative estimate of drug-likeness (QED) is 0.693. The Morgan fingerprint density at radius 2 is 1.70 bits per heavy atom. The van der Waals surface area contributed by atoms with Gasteiger partial charge in [-0.1, -0.05) is 12.1 Å². The molecule has 2 aromatic carbocycles. The molecule has 9 heteroatoms. The third-order valence-electron chi connectivity index (χ3n) is 3.33. The number of benzene rings is 2. The number of carbonyl (C=O) groups excluding carboxylic acids is 2. The van der Waals surface area contributed by atoms with Crippen LogP contribution in [0.4, 0.5) is 28.9 Å². The predicted octanol–water partition coefficient (Wildman–Crippen LogP) is 4.67. The van der Waals surface area contributed by atoms with Crippen LogP contribution >= 0.6 is 11.8 Å². The molecule has 0 spiro atoms. The highest BCUT2D eigenvalue weighted by atomic mass is 32.2. The van der Waals surface area contributed by atoms with Crippen LogP contribution in [0.3, 0.4) is 0 Å². The van der Waals surface area contributed by atoms with E-state index in [0.29, 0.717) is 5.75 Å². The Hall–Kier alpha value is -2.55. The number of thioether (sulfide) groups is 1. The van der Waals surface area contributed by atoms with E-state index in [1.807, 2.05) is 0 Å². The molecule has 0 aliphatic heterocycles. The molecule has 2 rings (SSSR count). The molecule has 0 saturated carbocycles. The van der Waals surface area contributed by atoms with Crippen LogP contribution in [-0.2, 0) is 21.5 Å². The number of hydrogen-bond donors (Lipinski definition) is 2. The largest absolute Gasteiger partial charge is 0.418 e. The normalized spacial score (nSPS) is 11.1. The molecule has 0 aromatic heterocycles. The van der Waals surface area contributed by atoms with E-state index in [0.717, 1.165) is 17.7 Å². The van der Waals surface area contributed by atoms with E-state index >= 15 is 0 Å². The number of anilines is 2. The zero-order valence-corrected chi connectivity index (χ0v) is 15.0. The van der Waals surface area contributed by atoms with Gasteiger partial charge in [-0.3, -0.25) is 9.59 Å². The first-order valence-electron chi connectivity index (χ1n) is 7.76. The lowest BCUT2D eigenvalue weighted by molar-refractivity contribution is -0.137. The summed E-state index contributed by atoms with van der Waals surface area (Å²) in [6.07, 6.45) is -4.70. The number of rotatable bonds is 6. The van der Waals surface area contributed by atoms with E-state index in [-0.39, 0.29) is 22.9 Å². The zero-order valence-electron chi connectivity index (χ0n) is 14.2. The van der Waals surface area contributed by atoms with Crippen LogP contribution in [-0.4, -0.2) is 17.6 Å². The molecule has 0 fully saturated rings. The summed E-state index contributed by atoms with van der Waals surface area (Å²) in [5.74, 6) is -1.12. The van der Waals surface area contributed by atoms with E-state index in [4.69, 9.17) is 0 Å². The minimum atomic E-state index is -4.70. The van der Waals surface area contributed by atoms with Gasteiger partial charge in [-0.05, 0) is 35.9 Å². The minimum Gasteiger partial charge on any atom is -0.326 e. The van der Waals surface area contributed by atoms with Gasteiger partial charge in [-0.2, -0.15) is 13.2 Å². The van der Waals surface area contributed by atoms with Crippen LogP contribution in [0.15, 0.2) is 42.5 Å². The Balaban J connectivity index is 2.01. The SMILES string of the molecule is CC(=O)Nc1ccc(NC(=O)CSCc2ccc(F)cc2)c(C(F)(F)F)c1. The summed E-state index contributed by atoms with van der Waals surface area (Å²) in [7, 11) is 0. The van der Waals surface area contributed by atoms with Crippen LogP contribution < -0.4 is 10.6 Å². The molecule has 0 bridgehead atoms. The van der Waals surface area contributed by atoms with Crippen molar-refractivity contribution in [3.05, 3.63) is 59.4 Å². The second-order valence-electron chi connectivity index (χ2n) is 5.61. The standard InChI is InChI=1S/C18H16F4N2O2S/c1-11(25)23-14-6-7-16(15(8-14)18(20,21)22)24-17(26)10-27-9-12-2-4-13(19)5-3-12/h2-8H,9-10H2,1H3,(H,23,25)(H,24,26). The van der Waals surface area contributed by atoms with E-state index in [2.05, 4.69) is 10.6 Å². The maximum absolute atomic E-state index is 13.2. The van der Waals surface area contributed by atoms with E-state index in [1.54, 1.807) is 12.1 Å². The number of carbonyl (C=O) groups is 2. The summed E-state index contributed by atoms with van der Waals surface area (Å²) in [4.78, 5) is 23.0. The molecule has 0 heterocycles. The third-order valence-corrected chi connectivity index (χ3v) is 4.34. The average molecular weight is 400 g/mol. The van der Waals surface area contributed by atoms with Gasteiger partial charge in [0.2, 0.25) is 11.8 Å². The fourth-order valence-corrected chi connectivity index (χ4v) is 2.99. The summed E-state index contributed by atoms with van der Waals surface area (Å²) < 4.78 is 52.5. The molecule has 0 radical (unpaired) electrons. The van der Waals surface area contributed by atoms with Gasteiger partial charge in [0, 0.05) is 18.4 Å². The van der Waals surface area contributed by atoms with Crippen molar-refractivity contribution < 1.29 is 27.2 Å². The van der Waals surface area contributed by atoms with E-state index in [9.17, 15) is 27.2 Å². The van der Waals surface area contributed by atoms with Gasteiger partial charge in [0.25, 0.3) is 0 Å². The summed E-state index contributed by atoms with van der Waals surface area (Å²) in [6.45, 7) is 1.18. The van der Waals surface area contributed by atoms with Crippen LogP contribution in [0.1, 0.15) is 18.1 Å². The monoisotopic (exact) mass is 400 g/mol. The lowest BCUT2D eigenvalue weighted by atomic mass is 10.1. The molecule has 2 N–H and O–H groups in total. The van der Waals surface area contributed by atoms with Gasteiger partial charge >= 0.3 is 6.18 Å². The lowest BCUT2D eigenvalue weighted by Gasteiger charge is -2.15. The summed E-state index contributed by atoms with van der Waals surface area (Å²) in [5, 5.41) is 4.51. The first kappa shape index (κ1) is 20.8. The molecule has 0 unspecified atom stereocenters. The maximum atomic E-state index is 13.2. The Labute approximate surface area is 157 Å². The molecule has 0 aliphatic rings. The maximum Gasteiger partial charge on any atom is 0.418 e.